The van der Waals surface area contributed by atoms with Gasteiger partial charge in [0.05, 0.1) is 18.9 Å². The predicted molar refractivity (Wildman–Crippen MR) is 111 cm³/mol. The molecular formula is C22H25N3O4. The van der Waals surface area contributed by atoms with Crippen molar-refractivity contribution in [2.75, 3.05) is 37.0 Å². The van der Waals surface area contributed by atoms with E-state index in [0.717, 1.165) is 11.3 Å². The van der Waals surface area contributed by atoms with Crippen molar-refractivity contribution in [3.8, 4) is 0 Å². The second-order valence-corrected chi connectivity index (χ2v) is 6.95. The number of anilines is 2. The molecule has 2 N–H and O–H groups in total. The minimum absolute atomic E-state index is 0.0498. The third-order valence-electron chi connectivity index (χ3n) is 4.78. The Balaban J connectivity index is 1.52. The number of amides is 3. The molecule has 1 saturated heterocycles. The number of nitrogens with zero attached hydrogens (tertiary/aromatic N) is 1. The fraction of sp³-hybridized carbons (Fsp3) is 0.318. The summed E-state index contributed by atoms with van der Waals surface area (Å²) in [7, 11) is 1.58. The monoisotopic (exact) mass is 395 g/mol. The van der Waals surface area contributed by atoms with Gasteiger partial charge in [-0.3, -0.25) is 14.4 Å². The highest BCUT2D eigenvalue weighted by atomic mass is 16.5. The highest BCUT2D eigenvalue weighted by Gasteiger charge is 2.35. The quantitative estimate of drug-likeness (QED) is 0.669. The predicted octanol–water partition coefficient (Wildman–Crippen LogP) is 1.98. The highest BCUT2D eigenvalue weighted by molar-refractivity contribution is 6.03. The summed E-state index contributed by atoms with van der Waals surface area (Å²) >= 11 is 0. The summed E-state index contributed by atoms with van der Waals surface area (Å²) in [5, 5.41) is 5.63. The first-order valence-electron chi connectivity index (χ1n) is 9.57. The molecule has 2 aromatic rings. The molecule has 3 rings (SSSR count). The van der Waals surface area contributed by atoms with Crippen LogP contribution in [0.3, 0.4) is 0 Å². The van der Waals surface area contributed by atoms with Gasteiger partial charge in [0.2, 0.25) is 17.7 Å². The lowest BCUT2D eigenvalue weighted by Crippen LogP contribution is -2.28. The second-order valence-electron chi connectivity index (χ2n) is 6.95. The Bertz CT molecular complexity index is 852. The molecule has 0 radical (unpaired) electrons. The number of methoxy groups -OCH3 is 1. The number of carbonyl (C=O) groups is 3. The third-order valence-corrected chi connectivity index (χ3v) is 4.78. The number of rotatable bonds is 8. The maximum absolute atomic E-state index is 12.6. The van der Waals surface area contributed by atoms with Crippen LogP contribution in [0.15, 0.2) is 54.6 Å². The molecule has 29 heavy (non-hydrogen) atoms. The van der Waals surface area contributed by atoms with Crippen LogP contribution < -0.4 is 15.5 Å². The first kappa shape index (κ1) is 20.5. The molecule has 0 aliphatic carbocycles. The van der Waals surface area contributed by atoms with E-state index in [0.29, 0.717) is 25.4 Å². The van der Waals surface area contributed by atoms with Gasteiger partial charge in [0.25, 0.3) is 0 Å². The summed E-state index contributed by atoms with van der Waals surface area (Å²) in [6, 6.07) is 16.5. The molecule has 0 spiro atoms. The zero-order chi connectivity index (χ0) is 20.6. The largest absolute Gasteiger partial charge is 0.383 e. The summed E-state index contributed by atoms with van der Waals surface area (Å²) in [5.41, 5.74) is 2.30. The topological polar surface area (TPSA) is 87.7 Å². The number of hydrogen-bond donors (Lipinski definition) is 2. The Morgan fingerprint density at radius 1 is 1.10 bits per heavy atom. The van der Waals surface area contributed by atoms with Gasteiger partial charge in [0.15, 0.2) is 0 Å². The second kappa shape index (κ2) is 9.84. The minimum atomic E-state index is -0.394. The Morgan fingerprint density at radius 2 is 1.83 bits per heavy atom. The van der Waals surface area contributed by atoms with E-state index in [1.54, 1.807) is 24.1 Å². The number of nitrogens with one attached hydrogen (secondary N) is 2. The summed E-state index contributed by atoms with van der Waals surface area (Å²) in [6.07, 6.45) is 0.460. The fourth-order valence-electron chi connectivity index (χ4n) is 3.23. The standard InChI is InChI=1S/C22H25N3O4/c1-29-12-11-23-20(26)13-16-7-9-18(10-8-16)24-22(28)17-14-21(27)25(15-17)19-5-3-2-4-6-19/h2-10,17H,11-15H2,1H3,(H,23,26)(H,24,28)/t17-/m1/s1. The van der Waals surface area contributed by atoms with Crippen LogP contribution in [0, 0.1) is 5.92 Å². The summed E-state index contributed by atoms with van der Waals surface area (Å²) < 4.78 is 4.90. The Labute approximate surface area is 170 Å². The normalized spacial score (nSPS) is 16.0. The first-order chi connectivity index (χ1) is 14.1. The molecule has 1 aliphatic rings. The molecule has 3 amide bonds. The van der Waals surface area contributed by atoms with E-state index >= 15 is 0 Å². The van der Waals surface area contributed by atoms with Gasteiger partial charge >= 0.3 is 0 Å². The third kappa shape index (κ3) is 5.65. The van der Waals surface area contributed by atoms with E-state index in [2.05, 4.69) is 10.6 Å². The van der Waals surface area contributed by atoms with Gasteiger partial charge in [-0.1, -0.05) is 30.3 Å². The number of hydrogen-bond acceptors (Lipinski definition) is 4. The zero-order valence-corrected chi connectivity index (χ0v) is 16.4. The minimum Gasteiger partial charge on any atom is -0.383 e. The zero-order valence-electron chi connectivity index (χ0n) is 16.4. The number of carbonyl (C=O) groups excluding carboxylic acids is 3. The molecule has 0 unspecified atom stereocenters. The van der Waals surface area contributed by atoms with Gasteiger partial charge in [0.1, 0.15) is 0 Å². The van der Waals surface area contributed by atoms with E-state index in [1.165, 1.54) is 0 Å². The number of benzene rings is 2. The van der Waals surface area contributed by atoms with E-state index < -0.39 is 5.92 Å². The number of ether oxygens (including phenoxy) is 1. The van der Waals surface area contributed by atoms with Gasteiger partial charge in [-0.25, -0.2) is 0 Å². The maximum atomic E-state index is 12.6. The molecule has 1 fully saturated rings. The summed E-state index contributed by atoms with van der Waals surface area (Å²) in [6.45, 7) is 1.32. The lowest BCUT2D eigenvalue weighted by atomic mass is 10.1. The first-order valence-corrected chi connectivity index (χ1v) is 9.57. The molecular weight excluding hydrogens is 370 g/mol. The van der Waals surface area contributed by atoms with Crippen molar-refractivity contribution in [3.63, 3.8) is 0 Å². The van der Waals surface area contributed by atoms with E-state index in [-0.39, 0.29) is 30.6 Å². The van der Waals surface area contributed by atoms with Gasteiger partial charge in [-0.05, 0) is 29.8 Å². The van der Waals surface area contributed by atoms with Crippen LogP contribution in [0.5, 0.6) is 0 Å². The van der Waals surface area contributed by atoms with Crippen molar-refractivity contribution in [1.82, 2.24) is 5.32 Å². The van der Waals surface area contributed by atoms with Crippen molar-refractivity contribution in [2.24, 2.45) is 5.92 Å². The smallest absolute Gasteiger partial charge is 0.229 e. The molecule has 0 saturated carbocycles. The Kier molecular flexibility index (Phi) is 6.97. The Hall–Kier alpha value is -3.19. The summed E-state index contributed by atoms with van der Waals surface area (Å²) in [5.74, 6) is -0.703. The van der Waals surface area contributed by atoms with Crippen LogP contribution in [0.2, 0.25) is 0 Å². The van der Waals surface area contributed by atoms with Crippen LogP contribution in [0.25, 0.3) is 0 Å². The van der Waals surface area contributed by atoms with E-state index in [1.807, 2.05) is 42.5 Å². The lowest BCUT2D eigenvalue weighted by molar-refractivity contribution is -0.122. The van der Waals surface area contributed by atoms with Crippen molar-refractivity contribution in [1.29, 1.82) is 0 Å². The van der Waals surface area contributed by atoms with Crippen LogP contribution >= 0.6 is 0 Å². The molecule has 1 atom stereocenters. The molecule has 0 bridgehead atoms. The average molecular weight is 395 g/mol. The Morgan fingerprint density at radius 3 is 2.52 bits per heavy atom. The number of para-hydroxylation sites is 1. The lowest BCUT2D eigenvalue weighted by Gasteiger charge is -2.16. The van der Waals surface area contributed by atoms with Gasteiger partial charge in [0, 0.05) is 38.0 Å². The van der Waals surface area contributed by atoms with Gasteiger partial charge in [-0.15, -0.1) is 0 Å². The molecule has 1 heterocycles. The van der Waals surface area contributed by atoms with Crippen molar-refractivity contribution in [2.45, 2.75) is 12.8 Å². The molecule has 0 aromatic heterocycles. The van der Waals surface area contributed by atoms with Crippen LogP contribution in [0.1, 0.15) is 12.0 Å². The highest BCUT2D eigenvalue weighted by Crippen LogP contribution is 2.25. The molecule has 152 valence electrons. The van der Waals surface area contributed by atoms with Crippen LogP contribution in [-0.4, -0.2) is 44.5 Å². The average Bonchev–Trinajstić information content (AvgIpc) is 3.12. The SMILES string of the molecule is COCCNC(=O)Cc1ccc(NC(=O)[C@@H]2CC(=O)N(c3ccccc3)C2)cc1. The van der Waals surface area contributed by atoms with E-state index in [4.69, 9.17) is 4.74 Å². The molecule has 7 heteroatoms. The van der Waals surface area contributed by atoms with Gasteiger partial charge in [-0.2, -0.15) is 0 Å². The van der Waals surface area contributed by atoms with Crippen molar-refractivity contribution < 1.29 is 19.1 Å². The molecule has 1 aliphatic heterocycles. The van der Waals surface area contributed by atoms with E-state index in [9.17, 15) is 14.4 Å². The maximum Gasteiger partial charge on any atom is 0.229 e. The van der Waals surface area contributed by atoms with Crippen LogP contribution in [0.4, 0.5) is 11.4 Å². The van der Waals surface area contributed by atoms with Crippen LogP contribution in [-0.2, 0) is 25.5 Å². The molecule has 2 aromatic carbocycles. The van der Waals surface area contributed by atoms with Crippen molar-refractivity contribution >= 4 is 29.1 Å². The van der Waals surface area contributed by atoms with Crippen molar-refractivity contribution in [3.05, 3.63) is 60.2 Å². The van der Waals surface area contributed by atoms with Gasteiger partial charge < -0.3 is 20.3 Å². The molecule has 7 nitrogen and oxygen atoms in total. The fourth-order valence-corrected chi connectivity index (χ4v) is 3.23. The summed E-state index contributed by atoms with van der Waals surface area (Å²) in [4.78, 5) is 38.3.